The highest BCUT2D eigenvalue weighted by molar-refractivity contribution is 7.09. The highest BCUT2D eigenvalue weighted by atomic mass is 32.1. The molecule has 0 aliphatic carbocycles. The summed E-state index contributed by atoms with van der Waals surface area (Å²) in [6.45, 7) is 3.84. The van der Waals surface area contributed by atoms with Crippen LogP contribution in [0.2, 0.25) is 0 Å². The molecule has 2 aromatic rings. The summed E-state index contributed by atoms with van der Waals surface area (Å²) < 4.78 is 0. The fourth-order valence-corrected chi connectivity index (χ4v) is 3.76. The van der Waals surface area contributed by atoms with E-state index in [9.17, 15) is 9.59 Å². The van der Waals surface area contributed by atoms with Crippen molar-refractivity contribution in [1.29, 1.82) is 0 Å². The summed E-state index contributed by atoms with van der Waals surface area (Å²) in [5, 5.41) is 7.89. The average molecular weight is 359 g/mol. The fraction of sp³-hybridized carbons (Fsp3) is 0.412. The Kier molecular flexibility index (Phi) is 5.72. The van der Waals surface area contributed by atoms with Crippen LogP contribution in [0, 0.1) is 0 Å². The van der Waals surface area contributed by atoms with Crippen LogP contribution in [0.4, 0.5) is 0 Å². The van der Waals surface area contributed by atoms with E-state index in [0.29, 0.717) is 26.1 Å². The van der Waals surface area contributed by atoms with Crippen LogP contribution in [0.1, 0.15) is 28.7 Å². The molecule has 1 aliphatic rings. The molecule has 3 rings (SSSR count). The highest BCUT2D eigenvalue weighted by Crippen LogP contribution is 2.23. The van der Waals surface area contributed by atoms with Crippen molar-refractivity contribution in [3.63, 3.8) is 0 Å². The minimum absolute atomic E-state index is 0.00954. The number of amides is 2. The third-order valence-electron chi connectivity index (χ3n) is 4.13. The van der Waals surface area contributed by atoms with E-state index < -0.39 is 0 Å². The molecule has 0 aromatic carbocycles. The number of carbonyl (C=O) groups excluding carboxylic acids is 2. The van der Waals surface area contributed by atoms with Crippen molar-refractivity contribution in [1.82, 2.24) is 25.5 Å². The molecular formula is C17H21N5O2S. The second-order valence-electron chi connectivity index (χ2n) is 5.92. The lowest BCUT2D eigenvalue weighted by molar-refractivity contribution is -0.125. The largest absolute Gasteiger partial charge is 0.355 e. The normalized spacial score (nSPS) is 20.4. The Morgan fingerprint density at radius 3 is 2.96 bits per heavy atom. The van der Waals surface area contributed by atoms with Gasteiger partial charge in [-0.2, -0.15) is 0 Å². The molecule has 1 saturated heterocycles. The standard InChI is InChI=1S/C17H21N5O2S/c1-2-19-17(24)15-8-12(10-22(15)11-13-4-3-7-25-13)21-16(23)14-9-18-5-6-20-14/h3-7,9,12,15H,2,8,10-11H2,1H3,(H,19,24)(H,21,23). The molecule has 0 spiro atoms. The van der Waals surface area contributed by atoms with Gasteiger partial charge in [-0.25, -0.2) is 4.98 Å². The first-order valence-corrected chi connectivity index (χ1v) is 9.16. The topological polar surface area (TPSA) is 87.2 Å². The van der Waals surface area contributed by atoms with E-state index in [1.807, 2.05) is 18.4 Å². The molecule has 0 saturated carbocycles. The maximum absolute atomic E-state index is 12.4. The molecule has 2 amide bonds. The van der Waals surface area contributed by atoms with Crippen LogP contribution in [0.15, 0.2) is 36.1 Å². The summed E-state index contributed by atoms with van der Waals surface area (Å²) in [5.74, 6) is -0.249. The Morgan fingerprint density at radius 2 is 2.28 bits per heavy atom. The summed E-state index contributed by atoms with van der Waals surface area (Å²) >= 11 is 1.67. The van der Waals surface area contributed by atoms with Gasteiger partial charge in [0.15, 0.2) is 0 Å². The van der Waals surface area contributed by atoms with E-state index in [1.165, 1.54) is 23.5 Å². The molecule has 1 fully saturated rings. The number of carbonyl (C=O) groups is 2. The van der Waals surface area contributed by atoms with Gasteiger partial charge in [-0.3, -0.25) is 19.5 Å². The Bertz CT molecular complexity index is 707. The Labute approximate surface area is 150 Å². The van der Waals surface area contributed by atoms with Crippen molar-refractivity contribution in [3.8, 4) is 0 Å². The Balaban J connectivity index is 1.67. The number of hydrogen-bond donors (Lipinski definition) is 2. The Morgan fingerprint density at radius 1 is 1.40 bits per heavy atom. The number of hydrogen-bond acceptors (Lipinski definition) is 6. The Hall–Kier alpha value is -2.32. The highest BCUT2D eigenvalue weighted by Gasteiger charge is 2.37. The van der Waals surface area contributed by atoms with Crippen molar-refractivity contribution < 1.29 is 9.59 Å². The van der Waals surface area contributed by atoms with Crippen molar-refractivity contribution in [3.05, 3.63) is 46.7 Å². The third kappa shape index (κ3) is 4.40. The van der Waals surface area contributed by atoms with E-state index >= 15 is 0 Å². The molecule has 0 bridgehead atoms. The van der Waals surface area contributed by atoms with Gasteiger partial charge in [-0.1, -0.05) is 6.07 Å². The maximum Gasteiger partial charge on any atom is 0.271 e. The maximum atomic E-state index is 12.4. The molecule has 7 nitrogen and oxygen atoms in total. The SMILES string of the molecule is CCNC(=O)C1CC(NC(=O)c2cnccn2)CN1Cc1cccs1. The van der Waals surface area contributed by atoms with Crippen LogP contribution >= 0.6 is 11.3 Å². The molecule has 2 N–H and O–H groups in total. The molecule has 1 aliphatic heterocycles. The van der Waals surface area contributed by atoms with Gasteiger partial charge in [-0.15, -0.1) is 11.3 Å². The lowest BCUT2D eigenvalue weighted by atomic mass is 10.1. The molecule has 2 atom stereocenters. The van der Waals surface area contributed by atoms with Crippen LogP contribution in [0.25, 0.3) is 0 Å². The summed E-state index contributed by atoms with van der Waals surface area (Å²) in [7, 11) is 0. The summed E-state index contributed by atoms with van der Waals surface area (Å²) in [4.78, 5) is 36.0. The van der Waals surface area contributed by atoms with Crippen LogP contribution in [-0.2, 0) is 11.3 Å². The van der Waals surface area contributed by atoms with Crippen molar-refractivity contribution in [2.75, 3.05) is 13.1 Å². The predicted molar refractivity (Wildman–Crippen MR) is 95.1 cm³/mol. The van der Waals surface area contributed by atoms with Crippen LogP contribution in [0.5, 0.6) is 0 Å². The second-order valence-corrected chi connectivity index (χ2v) is 6.95. The summed E-state index contributed by atoms with van der Waals surface area (Å²) in [6, 6.07) is 3.73. The van der Waals surface area contributed by atoms with E-state index in [2.05, 4.69) is 31.6 Å². The first-order chi connectivity index (χ1) is 12.2. The van der Waals surface area contributed by atoms with E-state index in [4.69, 9.17) is 0 Å². The van der Waals surface area contributed by atoms with Crippen LogP contribution < -0.4 is 10.6 Å². The molecule has 25 heavy (non-hydrogen) atoms. The smallest absolute Gasteiger partial charge is 0.271 e. The minimum atomic E-state index is -0.259. The third-order valence-corrected chi connectivity index (χ3v) is 4.99. The van der Waals surface area contributed by atoms with Gasteiger partial charge in [-0.05, 0) is 24.8 Å². The van der Waals surface area contributed by atoms with Crippen molar-refractivity contribution >= 4 is 23.2 Å². The monoisotopic (exact) mass is 359 g/mol. The second kappa shape index (κ2) is 8.17. The van der Waals surface area contributed by atoms with Gasteiger partial charge < -0.3 is 10.6 Å². The zero-order chi connectivity index (χ0) is 17.6. The van der Waals surface area contributed by atoms with Gasteiger partial charge in [0.1, 0.15) is 5.69 Å². The van der Waals surface area contributed by atoms with Gasteiger partial charge in [0.05, 0.1) is 12.2 Å². The lowest BCUT2D eigenvalue weighted by Gasteiger charge is -2.22. The number of likely N-dealkylation sites (N-methyl/N-ethyl adjacent to an activating group) is 1. The number of thiophene rings is 1. The molecule has 2 aromatic heterocycles. The molecule has 132 valence electrons. The number of nitrogens with zero attached hydrogens (tertiary/aromatic N) is 3. The first kappa shape index (κ1) is 17.5. The van der Waals surface area contributed by atoms with Crippen LogP contribution in [-0.4, -0.2) is 51.9 Å². The van der Waals surface area contributed by atoms with Crippen molar-refractivity contribution in [2.45, 2.75) is 32.0 Å². The fourth-order valence-electron chi connectivity index (χ4n) is 3.03. The van der Waals surface area contributed by atoms with E-state index in [-0.39, 0.29) is 29.6 Å². The summed E-state index contributed by atoms with van der Waals surface area (Å²) in [5.41, 5.74) is 0.286. The minimum Gasteiger partial charge on any atom is -0.355 e. The van der Waals surface area contributed by atoms with Gasteiger partial charge in [0, 0.05) is 42.9 Å². The zero-order valence-electron chi connectivity index (χ0n) is 14.0. The molecular weight excluding hydrogens is 338 g/mol. The number of rotatable bonds is 6. The zero-order valence-corrected chi connectivity index (χ0v) is 14.8. The predicted octanol–water partition coefficient (Wildman–Crippen LogP) is 1.05. The first-order valence-electron chi connectivity index (χ1n) is 8.28. The number of likely N-dealkylation sites (tertiary alicyclic amines) is 1. The van der Waals surface area contributed by atoms with Gasteiger partial charge >= 0.3 is 0 Å². The number of aromatic nitrogens is 2. The average Bonchev–Trinajstić information content (AvgIpc) is 3.26. The molecule has 2 unspecified atom stereocenters. The quantitative estimate of drug-likeness (QED) is 0.805. The van der Waals surface area contributed by atoms with Gasteiger partial charge in [0.2, 0.25) is 5.91 Å². The van der Waals surface area contributed by atoms with E-state index in [1.54, 1.807) is 11.3 Å². The van der Waals surface area contributed by atoms with Gasteiger partial charge in [0.25, 0.3) is 5.91 Å². The lowest BCUT2D eigenvalue weighted by Crippen LogP contribution is -2.42. The van der Waals surface area contributed by atoms with Crippen LogP contribution in [0.3, 0.4) is 0 Å². The molecule has 0 radical (unpaired) electrons. The summed E-state index contributed by atoms with van der Waals surface area (Å²) in [6.07, 6.45) is 5.04. The molecule has 8 heteroatoms. The van der Waals surface area contributed by atoms with E-state index in [0.717, 1.165) is 0 Å². The number of nitrogens with one attached hydrogen (secondary N) is 2. The van der Waals surface area contributed by atoms with Crippen molar-refractivity contribution in [2.24, 2.45) is 0 Å². The molecule has 3 heterocycles.